The summed E-state index contributed by atoms with van der Waals surface area (Å²) in [6, 6.07) is 17.5. The number of rotatable bonds is 4. The Morgan fingerprint density at radius 1 is 1.11 bits per heavy atom. The van der Waals surface area contributed by atoms with Gasteiger partial charge in [0.15, 0.2) is 16.7 Å². The van der Waals surface area contributed by atoms with Crippen molar-refractivity contribution in [3.63, 3.8) is 0 Å². The summed E-state index contributed by atoms with van der Waals surface area (Å²) in [6.07, 6.45) is -0.0934. The van der Waals surface area contributed by atoms with Crippen molar-refractivity contribution < 1.29 is 9.47 Å². The van der Waals surface area contributed by atoms with E-state index in [0.717, 1.165) is 27.5 Å². The average Bonchev–Trinajstić information content (AvgIpc) is 3.17. The molecule has 3 heterocycles. The maximum atomic E-state index is 12.7. The first-order valence-electron chi connectivity index (χ1n) is 8.86. The van der Waals surface area contributed by atoms with Crippen LogP contribution in [-0.4, -0.2) is 28.4 Å². The van der Waals surface area contributed by atoms with Gasteiger partial charge in [-0.15, -0.1) is 11.3 Å². The smallest absolute Gasteiger partial charge is 0.260 e. The number of nitrogens with zero attached hydrogens (tertiary/aromatic N) is 1. The standard InChI is InChI=1S/C21H16N2O3S2/c24-19-18-15(13-6-2-1-3-7-13)12-27-20(18)23-21(22-19)28-11-14-10-25-16-8-4-5-9-17(16)26-14/h1-9,12,14H,10-11H2,(H,22,23,24). The number of nitrogens with one attached hydrogen (secondary N) is 1. The Hall–Kier alpha value is -2.77. The monoisotopic (exact) mass is 408 g/mol. The number of ether oxygens (including phenoxy) is 2. The SMILES string of the molecule is O=c1[nH]c(SCC2COc3ccccc3O2)nc2scc(-c3ccccc3)c12. The van der Waals surface area contributed by atoms with E-state index in [9.17, 15) is 4.79 Å². The van der Waals surface area contributed by atoms with Crippen LogP contribution in [0.25, 0.3) is 21.3 Å². The first kappa shape index (κ1) is 17.3. The molecule has 4 aromatic rings. The molecule has 5 nitrogen and oxygen atoms in total. The molecule has 7 heteroatoms. The molecule has 140 valence electrons. The molecule has 1 atom stereocenters. The summed E-state index contributed by atoms with van der Waals surface area (Å²) in [5.41, 5.74) is 1.83. The summed E-state index contributed by atoms with van der Waals surface area (Å²) < 4.78 is 11.7. The Kier molecular flexibility index (Phi) is 4.54. The zero-order valence-electron chi connectivity index (χ0n) is 14.8. The van der Waals surface area contributed by atoms with E-state index in [1.54, 1.807) is 0 Å². The Bertz CT molecular complexity index is 1190. The van der Waals surface area contributed by atoms with Crippen LogP contribution in [0.4, 0.5) is 0 Å². The molecular formula is C21H16N2O3S2. The Morgan fingerprint density at radius 3 is 2.75 bits per heavy atom. The number of hydrogen-bond donors (Lipinski definition) is 1. The Labute approximate surface area is 169 Å². The number of para-hydroxylation sites is 2. The molecule has 0 bridgehead atoms. The van der Waals surface area contributed by atoms with Gasteiger partial charge in [0.25, 0.3) is 5.56 Å². The average molecular weight is 409 g/mol. The first-order chi connectivity index (χ1) is 13.8. The van der Waals surface area contributed by atoms with E-state index in [1.165, 1.54) is 23.1 Å². The van der Waals surface area contributed by atoms with Crippen LogP contribution in [0.1, 0.15) is 0 Å². The number of thioether (sulfide) groups is 1. The van der Waals surface area contributed by atoms with Gasteiger partial charge in [-0.2, -0.15) is 0 Å². The maximum absolute atomic E-state index is 12.7. The van der Waals surface area contributed by atoms with Crippen molar-refractivity contribution in [3.8, 4) is 22.6 Å². The van der Waals surface area contributed by atoms with Crippen LogP contribution in [0, 0.1) is 0 Å². The highest BCUT2D eigenvalue weighted by atomic mass is 32.2. The van der Waals surface area contributed by atoms with Crippen LogP contribution >= 0.6 is 23.1 Å². The number of H-pyrrole nitrogens is 1. The molecule has 2 aromatic heterocycles. The summed E-state index contributed by atoms with van der Waals surface area (Å²) in [5, 5.41) is 3.24. The summed E-state index contributed by atoms with van der Waals surface area (Å²) >= 11 is 2.96. The largest absolute Gasteiger partial charge is 0.486 e. The third kappa shape index (κ3) is 3.27. The van der Waals surface area contributed by atoms with Crippen LogP contribution in [0.5, 0.6) is 11.5 Å². The van der Waals surface area contributed by atoms with Gasteiger partial charge in [-0.05, 0) is 17.7 Å². The van der Waals surface area contributed by atoms with E-state index < -0.39 is 0 Å². The highest BCUT2D eigenvalue weighted by Crippen LogP contribution is 2.33. The van der Waals surface area contributed by atoms with Crippen molar-refractivity contribution >= 4 is 33.3 Å². The number of aromatic amines is 1. The Morgan fingerprint density at radius 2 is 1.89 bits per heavy atom. The molecule has 1 aliphatic rings. The van der Waals surface area contributed by atoms with Crippen LogP contribution < -0.4 is 15.0 Å². The molecule has 2 aromatic carbocycles. The lowest BCUT2D eigenvalue weighted by Gasteiger charge is -2.25. The lowest BCUT2D eigenvalue weighted by molar-refractivity contribution is 0.107. The van der Waals surface area contributed by atoms with Crippen molar-refractivity contribution in [1.82, 2.24) is 9.97 Å². The van der Waals surface area contributed by atoms with E-state index in [4.69, 9.17) is 9.47 Å². The fraction of sp³-hybridized carbons (Fsp3) is 0.143. The van der Waals surface area contributed by atoms with Gasteiger partial charge in [0.05, 0.1) is 5.39 Å². The van der Waals surface area contributed by atoms with Gasteiger partial charge in [0.2, 0.25) is 0 Å². The molecule has 0 saturated heterocycles. The lowest BCUT2D eigenvalue weighted by atomic mass is 10.1. The normalized spacial score (nSPS) is 15.6. The molecule has 5 rings (SSSR count). The molecular weight excluding hydrogens is 392 g/mol. The molecule has 0 aliphatic carbocycles. The van der Waals surface area contributed by atoms with Crippen LogP contribution in [0.15, 0.2) is 69.9 Å². The molecule has 1 unspecified atom stereocenters. The van der Waals surface area contributed by atoms with E-state index >= 15 is 0 Å². The van der Waals surface area contributed by atoms with Gasteiger partial charge in [-0.3, -0.25) is 4.79 Å². The predicted molar refractivity (Wildman–Crippen MR) is 113 cm³/mol. The van der Waals surface area contributed by atoms with Gasteiger partial charge in [-0.25, -0.2) is 4.98 Å². The molecule has 1 N–H and O–H groups in total. The van der Waals surface area contributed by atoms with E-state index in [-0.39, 0.29) is 11.7 Å². The van der Waals surface area contributed by atoms with Gasteiger partial charge < -0.3 is 14.5 Å². The predicted octanol–water partition coefficient (Wildman–Crippen LogP) is 4.58. The van der Waals surface area contributed by atoms with Crippen LogP contribution in [-0.2, 0) is 0 Å². The minimum absolute atomic E-state index is 0.0934. The number of benzene rings is 2. The number of hydrogen-bond acceptors (Lipinski definition) is 6. The minimum Gasteiger partial charge on any atom is -0.486 e. The van der Waals surface area contributed by atoms with Gasteiger partial charge >= 0.3 is 0 Å². The number of thiophene rings is 1. The van der Waals surface area contributed by atoms with Crippen LogP contribution in [0.3, 0.4) is 0 Å². The third-order valence-corrected chi connectivity index (χ3v) is 6.36. The quantitative estimate of drug-likeness (QED) is 0.395. The van der Waals surface area contributed by atoms with Crippen LogP contribution in [0.2, 0.25) is 0 Å². The molecule has 0 saturated carbocycles. The second kappa shape index (κ2) is 7.33. The fourth-order valence-corrected chi connectivity index (χ4v) is 4.98. The molecule has 28 heavy (non-hydrogen) atoms. The van der Waals surface area contributed by atoms with Crippen molar-refractivity contribution in [1.29, 1.82) is 0 Å². The second-order valence-electron chi connectivity index (χ2n) is 6.38. The molecule has 0 fully saturated rings. The maximum Gasteiger partial charge on any atom is 0.260 e. The number of aromatic nitrogens is 2. The fourth-order valence-electron chi connectivity index (χ4n) is 3.14. The zero-order valence-corrected chi connectivity index (χ0v) is 16.4. The summed E-state index contributed by atoms with van der Waals surface area (Å²) in [5.74, 6) is 2.16. The van der Waals surface area contributed by atoms with E-state index in [0.29, 0.717) is 22.9 Å². The van der Waals surface area contributed by atoms with Gasteiger partial charge in [0.1, 0.15) is 17.5 Å². The topological polar surface area (TPSA) is 64.2 Å². The van der Waals surface area contributed by atoms with Crippen molar-refractivity contribution in [2.24, 2.45) is 0 Å². The zero-order chi connectivity index (χ0) is 18.9. The molecule has 1 aliphatic heterocycles. The van der Waals surface area contributed by atoms with Crippen molar-refractivity contribution in [2.75, 3.05) is 12.4 Å². The lowest BCUT2D eigenvalue weighted by Crippen LogP contribution is -2.31. The van der Waals surface area contributed by atoms with Gasteiger partial charge in [-0.1, -0.05) is 54.2 Å². The summed E-state index contributed by atoms with van der Waals surface area (Å²) in [6.45, 7) is 0.480. The van der Waals surface area contributed by atoms with Crippen molar-refractivity contribution in [2.45, 2.75) is 11.3 Å². The van der Waals surface area contributed by atoms with Gasteiger partial charge in [0, 0.05) is 16.7 Å². The molecule has 0 amide bonds. The van der Waals surface area contributed by atoms with Crippen molar-refractivity contribution in [3.05, 3.63) is 70.3 Å². The molecule has 0 radical (unpaired) electrons. The summed E-state index contributed by atoms with van der Waals surface area (Å²) in [7, 11) is 0. The number of fused-ring (bicyclic) bond motifs is 2. The second-order valence-corrected chi connectivity index (χ2v) is 8.24. The summed E-state index contributed by atoms with van der Waals surface area (Å²) in [4.78, 5) is 21.0. The highest BCUT2D eigenvalue weighted by Gasteiger charge is 2.21. The Balaban J connectivity index is 1.36. The highest BCUT2D eigenvalue weighted by molar-refractivity contribution is 7.99. The minimum atomic E-state index is -0.112. The van der Waals surface area contributed by atoms with E-state index in [1.807, 2.05) is 60.0 Å². The van der Waals surface area contributed by atoms with E-state index in [2.05, 4.69) is 9.97 Å². The first-order valence-corrected chi connectivity index (χ1v) is 10.7. The molecule has 0 spiro atoms. The third-order valence-electron chi connectivity index (χ3n) is 4.48.